The summed E-state index contributed by atoms with van der Waals surface area (Å²) >= 11 is 0. The highest BCUT2D eigenvalue weighted by atomic mass is 15.0. The van der Waals surface area contributed by atoms with Gasteiger partial charge in [-0.1, -0.05) is 140 Å². The van der Waals surface area contributed by atoms with Crippen LogP contribution in [0.4, 0.5) is 0 Å². The molecule has 8 aromatic rings. The molecular weight excluding hydrogens is 587 g/mol. The van der Waals surface area contributed by atoms with Crippen molar-refractivity contribution in [1.29, 1.82) is 0 Å². The monoisotopic (exact) mass is 615 g/mol. The van der Waals surface area contributed by atoms with Gasteiger partial charge in [0.15, 0.2) is 17.5 Å². The quantitative estimate of drug-likeness (QED) is 0.178. The molecule has 5 nitrogen and oxygen atoms in total. The Labute approximate surface area is 279 Å². The van der Waals surface area contributed by atoms with Crippen molar-refractivity contribution in [3.63, 3.8) is 0 Å². The van der Waals surface area contributed by atoms with Gasteiger partial charge in [-0.2, -0.15) is 0 Å². The topological polar surface area (TPSA) is 64.5 Å². The number of pyridine rings is 2. The molecule has 0 aliphatic carbocycles. The first kappa shape index (κ1) is 28.9. The zero-order valence-electron chi connectivity index (χ0n) is 26.0. The molecule has 3 heterocycles. The first-order valence-electron chi connectivity index (χ1n) is 15.8. The van der Waals surface area contributed by atoms with E-state index in [2.05, 4.69) is 113 Å². The summed E-state index contributed by atoms with van der Waals surface area (Å²) in [6, 6.07) is 53.9. The van der Waals surface area contributed by atoms with Crippen LogP contribution >= 0.6 is 0 Å². The molecule has 0 bridgehead atoms. The normalized spacial score (nSPS) is 10.9. The second kappa shape index (κ2) is 13.0. The lowest BCUT2D eigenvalue weighted by Gasteiger charge is -2.10. The van der Waals surface area contributed by atoms with Gasteiger partial charge in [0.2, 0.25) is 0 Å². The maximum absolute atomic E-state index is 4.94. The second-order valence-electron chi connectivity index (χ2n) is 11.4. The summed E-state index contributed by atoms with van der Waals surface area (Å²) in [6.45, 7) is 0. The molecule has 5 heteroatoms. The Morgan fingerprint density at radius 2 is 0.625 bits per heavy atom. The van der Waals surface area contributed by atoms with Gasteiger partial charge in [-0.05, 0) is 46.0 Å². The van der Waals surface area contributed by atoms with Gasteiger partial charge in [0.05, 0.1) is 5.69 Å². The Balaban J connectivity index is 1.07. The van der Waals surface area contributed by atoms with Crippen LogP contribution in [0, 0.1) is 0 Å². The molecule has 0 saturated carbocycles. The summed E-state index contributed by atoms with van der Waals surface area (Å²) in [6.07, 6.45) is 5.49. The number of hydrogen-bond donors (Lipinski definition) is 0. The SMILES string of the molecule is c1ccc(-c2ccc(-c3nc(-c4ccccc4)nc(-c4ccc(-c5ccc(-c6ccc(-c7ccncc7)nc6)cc5)cc4)n3)cc2)cc1. The van der Waals surface area contributed by atoms with E-state index < -0.39 is 0 Å². The van der Waals surface area contributed by atoms with Crippen molar-refractivity contribution < 1.29 is 0 Å². The summed E-state index contributed by atoms with van der Waals surface area (Å²) in [7, 11) is 0. The first-order valence-corrected chi connectivity index (χ1v) is 15.8. The molecule has 226 valence electrons. The summed E-state index contributed by atoms with van der Waals surface area (Å²) in [5, 5.41) is 0. The smallest absolute Gasteiger partial charge is 0.164 e. The van der Waals surface area contributed by atoms with E-state index >= 15 is 0 Å². The Morgan fingerprint density at radius 1 is 0.271 bits per heavy atom. The molecule has 48 heavy (non-hydrogen) atoms. The first-order chi connectivity index (χ1) is 23.8. The third kappa shape index (κ3) is 6.13. The van der Waals surface area contributed by atoms with Crippen molar-refractivity contribution in [3.8, 4) is 78.8 Å². The minimum absolute atomic E-state index is 0.635. The molecule has 0 N–H and O–H groups in total. The summed E-state index contributed by atoms with van der Waals surface area (Å²) in [5.41, 5.74) is 11.6. The van der Waals surface area contributed by atoms with Crippen LogP contribution in [0.1, 0.15) is 0 Å². The highest BCUT2D eigenvalue weighted by molar-refractivity contribution is 5.74. The van der Waals surface area contributed by atoms with E-state index in [1.165, 1.54) is 5.56 Å². The molecule has 0 unspecified atom stereocenters. The molecule has 0 spiro atoms. The summed E-state index contributed by atoms with van der Waals surface area (Å²) in [4.78, 5) is 23.5. The Bertz CT molecular complexity index is 2270. The lowest BCUT2D eigenvalue weighted by atomic mass is 10.00. The van der Waals surface area contributed by atoms with E-state index in [0.29, 0.717) is 17.5 Å². The number of nitrogens with zero attached hydrogens (tertiary/aromatic N) is 5. The number of hydrogen-bond acceptors (Lipinski definition) is 5. The minimum Gasteiger partial charge on any atom is -0.265 e. The van der Waals surface area contributed by atoms with Gasteiger partial charge < -0.3 is 0 Å². The van der Waals surface area contributed by atoms with Crippen LogP contribution in [-0.4, -0.2) is 24.9 Å². The van der Waals surface area contributed by atoms with Gasteiger partial charge in [-0.15, -0.1) is 0 Å². The predicted molar refractivity (Wildman–Crippen MR) is 193 cm³/mol. The maximum Gasteiger partial charge on any atom is 0.164 e. The van der Waals surface area contributed by atoms with E-state index in [1.54, 1.807) is 12.4 Å². The van der Waals surface area contributed by atoms with E-state index in [4.69, 9.17) is 15.0 Å². The molecule has 0 radical (unpaired) electrons. The minimum atomic E-state index is 0.635. The zero-order valence-corrected chi connectivity index (χ0v) is 26.0. The maximum atomic E-state index is 4.94. The van der Waals surface area contributed by atoms with Crippen LogP contribution in [0.2, 0.25) is 0 Å². The molecule has 8 rings (SSSR count). The fraction of sp³-hybridized carbons (Fsp3) is 0. The predicted octanol–water partition coefficient (Wildman–Crippen LogP) is 10.3. The van der Waals surface area contributed by atoms with Crippen molar-refractivity contribution in [2.24, 2.45) is 0 Å². The highest BCUT2D eigenvalue weighted by Gasteiger charge is 2.13. The van der Waals surface area contributed by atoms with E-state index in [-0.39, 0.29) is 0 Å². The van der Waals surface area contributed by atoms with Gasteiger partial charge >= 0.3 is 0 Å². The second-order valence-corrected chi connectivity index (χ2v) is 11.4. The van der Waals surface area contributed by atoms with Gasteiger partial charge in [0.1, 0.15) is 0 Å². The molecule has 0 aliphatic heterocycles. The third-order valence-corrected chi connectivity index (χ3v) is 8.35. The average molecular weight is 616 g/mol. The molecule has 0 atom stereocenters. The Morgan fingerprint density at radius 3 is 1.06 bits per heavy atom. The van der Waals surface area contributed by atoms with Crippen molar-refractivity contribution in [2.75, 3.05) is 0 Å². The fourth-order valence-electron chi connectivity index (χ4n) is 5.72. The largest absolute Gasteiger partial charge is 0.265 e. The average Bonchev–Trinajstić information content (AvgIpc) is 3.19. The van der Waals surface area contributed by atoms with Crippen molar-refractivity contribution in [2.45, 2.75) is 0 Å². The standard InChI is InChI=1S/C43H29N5/c1-3-7-30(8-4-1)31-15-19-37(20-16-31)42-46-41(36-9-5-2-6-10-36)47-43(48-42)38-21-17-33(18-22-38)32-11-13-34(14-12-32)39-23-24-40(45-29-39)35-25-27-44-28-26-35/h1-29H. The Kier molecular flexibility index (Phi) is 7.83. The van der Waals surface area contributed by atoms with Gasteiger partial charge in [0, 0.05) is 46.4 Å². The van der Waals surface area contributed by atoms with Crippen molar-refractivity contribution in [1.82, 2.24) is 24.9 Å². The highest BCUT2D eigenvalue weighted by Crippen LogP contribution is 2.30. The lowest BCUT2D eigenvalue weighted by Crippen LogP contribution is -2.00. The molecule has 0 saturated heterocycles. The van der Waals surface area contributed by atoms with Crippen LogP contribution in [0.5, 0.6) is 0 Å². The molecule has 0 amide bonds. The zero-order chi connectivity index (χ0) is 32.1. The van der Waals surface area contributed by atoms with E-state index in [1.807, 2.05) is 60.8 Å². The molecule has 0 aliphatic rings. The summed E-state index contributed by atoms with van der Waals surface area (Å²) in [5.74, 6) is 1.92. The fourth-order valence-corrected chi connectivity index (χ4v) is 5.72. The van der Waals surface area contributed by atoms with Crippen LogP contribution in [0.25, 0.3) is 78.8 Å². The molecule has 3 aromatic heterocycles. The van der Waals surface area contributed by atoms with E-state index in [9.17, 15) is 0 Å². The van der Waals surface area contributed by atoms with E-state index in [0.717, 1.165) is 55.8 Å². The molecule has 5 aromatic carbocycles. The summed E-state index contributed by atoms with van der Waals surface area (Å²) < 4.78 is 0. The Hall–Kier alpha value is -6.59. The third-order valence-electron chi connectivity index (χ3n) is 8.35. The lowest BCUT2D eigenvalue weighted by molar-refractivity contribution is 1.07. The van der Waals surface area contributed by atoms with Crippen molar-refractivity contribution in [3.05, 3.63) is 176 Å². The molecular formula is C43H29N5. The number of aromatic nitrogens is 5. The van der Waals surface area contributed by atoms with Crippen LogP contribution in [-0.2, 0) is 0 Å². The van der Waals surface area contributed by atoms with Gasteiger partial charge in [0.25, 0.3) is 0 Å². The van der Waals surface area contributed by atoms with Crippen LogP contribution in [0.15, 0.2) is 176 Å². The number of rotatable bonds is 7. The number of benzene rings is 5. The van der Waals surface area contributed by atoms with Crippen molar-refractivity contribution >= 4 is 0 Å². The van der Waals surface area contributed by atoms with Gasteiger partial charge in [-0.3, -0.25) is 9.97 Å². The van der Waals surface area contributed by atoms with Crippen LogP contribution < -0.4 is 0 Å². The molecule has 0 fully saturated rings. The van der Waals surface area contributed by atoms with Crippen LogP contribution in [0.3, 0.4) is 0 Å². The van der Waals surface area contributed by atoms with Gasteiger partial charge in [-0.25, -0.2) is 15.0 Å².